The van der Waals surface area contributed by atoms with Crippen LogP contribution in [0.4, 0.5) is 0 Å². The molecule has 0 saturated carbocycles. The minimum Gasteiger partial charge on any atom is -0.484 e. The number of piperidine rings is 1. The lowest BCUT2D eigenvalue weighted by Gasteiger charge is -2.23. The first kappa shape index (κ1) is 16.8. The van der Waals surface area contributed by atoms with Crippen LogP contribution in [0.2, 0.25) is 0 Å². The van der Waals surface area contributed by atoms with Crippen molar-refractivity contribution in [3.05, 3.63) is 0 Å². The molecule has 0 aromatic carbocycles. The Labute approximate surface area is 103 Å². The Morgan fingerprint density at radius 2 is 2.14 bits per heavy atom. The van der Waals surface area contributed by atoms with Crippen LogP contribution in [-0.2, 0) is 4.74 Å². The average molecular weight is 261 g/mol. The third-order valence-corrected chi connectivity index (χ3v) is 2.36. The van der Waals surface area contributed by atoms with Gasteiger partial charge >= 0.3 is 0 Å². The number of ether oxygens (including phenoxy) is 1. The first-order valence-corrected chi connectivity index (χ1v) is 4.85. The summed E-state index contributed by atoms with van der Waals surface area (Å²) in [5, 5.41) is 4.00. The van der Waals surface area contributed by atoms with E-state index in [0.717, 1.165) is 13.0 Å². The molecule has 1 aliphatic rings. The van der Waals surface area contributed by atoms with Crippen LogP contribution in [0.3, 0.4) is 0 Å². The molecule has 1 saturated heterocycles. The molecule has 1 atom stereocenters. The fourth-order valence-corrected chi connectivity index (χ4v) is 1.60. The maximum absolute atomic E-state index is 5.30. The summed E-state index contributed by atoms with van der Waals surface area (Å²) >= 11 is 5.10. The maximum atomic E-state index is 5.30. The predicted octanol–water partition coefficient (Wildman–Crippen LogP) is 1.27. The van der Waals surface area contributed by atoms with Crippen LogP contribution in [0, 0.1) is 0 Å². The largest absolute Gasteiger partial charge is 0.484 e. The van der Waals surface area contributed by atoms with Crippen LogP contribution in [0.1, 0.15) is 19.3 Å². The summed E-state index contributed by atoms with van der Waals surface area (Å²) in [4.78, 5) is 0. The van der Waals surface area contributed by atoms with E-state index >= 15 is 0 Å². The Bertz CT molecular complexity index is 154. The molecule has 0 radical (unpaired) electrons. The van der Waals surface area contributed by atoms with Crippen LogP contribution >= 0.6 is 37.0 Å². The monoisotopic (exact) mass is 260 g/mol. The highest BCUT2D eigenvalue weighted by molar-refractivity contribution is 7.80. The van der Waals surface area contributed by atoms with E-state index in [1.165, 1.54) is 12.8 Å². The van der Waals surface area contributed by atoms with Gasteiger partial charge in [0.1, 0.15) is 6.61 Å². The third kappa shape index (κ3) is 5.98. The predicted molar refractivity (Wildman–Crippen MR) is 67.7 cm³/mol. The van der Waals surface area contributed by atoms with Gasteiger partial charge in [-0.05, 0) is 31.6 Å². The minimum atomic E-state index is 0. The topological polar surface area (TPSA) is 47.3 Å². The number of nitrogens with one attached hydrogen (secondary N) is 1. The highest BCUT2D eigenvalue weighted by atomic mass is 35.5. The second kappa shape index (κ2) is 9.93. The quantitative estimate of drug-likeness (QED) is 0.751. The fraction of sp³-hybridized carbons (Fsp3) is 0.875. The molecule has 0 spiro atoms. The normalized spacial score (nSPS) is 20.2. The van der Waals surface area contributed by atoms with Crippen molar-refractivity contribution in [2.45, 2.75) is 25.3 Å². The first-order chi connectivity index (χ1) is 5.84. The van der Waals surface area contributed by atoms with Gasteiger partial charge in [-0.2, -0.15) is 0 Å². The molecule has 1 rings (SSSR count). The molecule has 14 heavy (non-hydrogen) atoms. The lowest BCUT2D eigenvalue weighted by molar-refractivity contribution is 0.293. The van der Waals surface area contributed by atoms with Crippen LogP contribution in [0.25, 0.3) is 0 Å². The van der Waals surface area contributed by atoms with Crippen molar-refractivity contribution in [2.75, 3.05) is 19.7 Å². The van der Waals surface area contributed by atoms with E-state index in [4.69, 9.17) is 22.7 Å². The second-order valence-corrected chi connectivity index (χ2v) is 3.36. The molecule has 0 amide bonds. The SMILES string of the molecule is Cl.Cl.NCCOC(=S)C1CCCCN1. The molecule has 3 nitrogen and oxygen atoms in total. The summed E-state index contributed by atoms with van der Waals surface area (Å²) in [6.45, 7) is 2.13. The zero-order chi connectivity index (χ0) is 8.81. The molecule has 0 bridgehead atoms. The number of hydrogen-bond donors (Lipinski definition) is 2. The highest BCUT2D eigenvalue weighted by Crippen LogP contribution is 2.09. The Kier molecular flexibility index (Phi) is 11.9. The van der Waals surface area contributed by atoms with Gasteiger partial charge < -0.3 is 15.8 Å². The van der Waals surface area contributed by atoms with Crippen LogP contribution in [0.15, 0.2) is 0 Å². The zero-order valence-corrected chi connectivity index (χ0v) is 10.5. The van der Waals surface area contributed by atoms with Gasteiger partial charge in [0.05, 0.1) is 6.04 Å². The van der Waals surface area contributed by atoms with Crippen LogP contribution < -0.4 is 11.1 Å². The lowest BCUT2D eigenvalue weighted by Crippen LogP contribution is -2.41. The molecule has 6 heteroatoms. The van der Waals surface area contributed by atoms with Crippen LogP contribution in [0.5, 0.6) is 0 Å². The molecular weight excluding hydrogens is 243 g/mol. The first-order valence-electron chi connectivity index (χ1n) is 4.44. The van der Waals surface area contributed by atoms with Gasteiger partial charge in [0.2, 0.25) is 0 Å². The molecular formula is C8H18Cl2N2OS. The number of hydrogen-bond acceptors (Lipinski definition) is 4. The molecule has 86 valence electrons. The zero-order valence-electron chi connectivity index (χ0n) is 8.03. The Balaban J connectivity index is 0. The van der Waals surface area contributed by atoms with Crippen molar-refractivity contribution in [1.29, 1.82) is 0 Å². The highest BCUT2D eigenvalue weighted by Gasteiger charge is 2.17. The Morgan fingerprint density at radius 3 is 2.64 bits per heavy atom. The van der Waals surface area contributed by atoms with E-state index in [-0.39, 0.29) is 30.9 Å². The number of nitrogens with two attached hydrogens (primary N) is 1. The van der Waals surface area contributed by atoms with E-state index in [1.54, 1.807) is 0 Å². The fourth-order valence-electron chi connectivity index (χ4n) is 1.31. The standard InChI is InChI=1S/C8H16N2OS.2ClH/c9-4-6-11-8(12)7-3-1-2-5-10-7;;/h7,10H,1-6,9H2;2*1H. The van der Waals surface area contributed by atoms with E-state index in [9.17, 15) is 0 Å². The number of thiocarbonyl (C=S) groups is 1. The smallest absolute Gasteiger partial charge is 0.176 e. The molecule has 0 aromatic rings. The molecule has 1 heterocycles. The van der Waals surface area contributed by atoms with Crippen molar-refractivity contribution in [3.63, 3.8) is 0 Å². The Morgan fingerprint density at radius 1 is 1.43 bits per heavy atom. The molecule has 0 aliphatic carbocycles. The van der Waals surface area contributed by atoms with Gasteiger partial charge in [-0.1, -0.05) is 6.42 Å². The van der Waals surface area contributed by atoms with E-state index in [2.05, 4.69) is 5.32 Å². The van der Waals surface area contributed by atoms with Gasteiger partial charge in [-0.15, -0.1) is 24.8 Å². The van der Waals surface area contributed by atoms with Crippen molar-refractivity contribution in [1.82, 2.24) is 5.32 Å². The summed E-state index contributed by atoms with van der Waals surface area (Å²) in [5.74, 6) is 0. The summed E-state index contributed by atoms with van der Waals surface area (Å²) < 4.78 is 5.27. The van der Waals surface area contributed by atoms with E-state index in [0.29, 0.717) is 18.2 Å². The van der Waals surface area contributed by atoms with Gasteiger partial charge in [0.25, 0.3) is 0 Å². The molecule has 0 aromatic heterocycles. The van der Waals surface area contributed by atoms with Gasteiger partial charge in [-0.3, -0.25) is 0 Å². The molecule has 1 fully saturated rings. The lowest BCUT2D eigenvalue weighted by atomic mass is 10.1. The van der Waals surface area contributed by atoms with E-state index < -0.39 is 0 Å². The molecule has 1 unspecified atom stereocenters. The average Bonchev–Trinajstić information content (AvgIpc) is 2.15. The van der Waals surface area contributed by atoms with Crippen molar-refractivity contribution >= 4 is 42.1 Å². The maximum Gasteiger partial charge on any atom is 0.176 e. The third-order valence-electron chi connectivity index (χ3n) is 1.96. The van der Waals surface area contributed by atoms with Crippen molar-refractivity contribution < 1.29 is 4.74 Å². The van der Waals surface area contributed by atoms with Gasteiger partial charge in [0, 0.05) is 6.54 Å². The van der Waals surface area contributed by atoms with Crippen molar-refractivity contribution in [3.8, 4) is 0 Å². The van der Waals surface area contributed by atoms with Crippen LogP contribution in [-0.4, -0.2) is 30.8 Å². The summed E-state index contributed by atoms with van der Waals surface area (Å²) in [7, 11) is 0. The number of halogens is 2. The Hall–Kier alpha value is 0.390. The molecule has 1 aliphatic heterocycles. The molecule has 3 N–H and O–H groups in total. The van der Waals surface area contributed by atoms with Gasteiger partial charge in [-0.25, -0.2) is 0 Å². The van der Waals surface area contributed by atoms with Crippen molar-refractivity contribution in [2.24, 2.45) is 5.73 Å². The van der Waals surface area contributed by atoms with Gasteiger partial charge in [0.15, 0.2) is 5.05 Å². The summed E-state index contributed by atoms with van der Waals surface area (Å²) in [6, 6.07) is 0.278. The second-order valence-electron chi connectivity index (χ2n) is 2.96. The van der Waals surface area contributed by atoms with E-state index in [1.807, 2.05) is 0 Å². The summed E-state index contributed by atoms with van der Waals surface area (Å²) in [6.07, 6.45) is 3.59. The minimum absolute atomic E-state index is 0. The number of rotatable bonds is 3. The summed E-state index contributed by atoms with van der Waals surface area (Å²) in [5.41, 5.74) is 5.30.